The molecule has 4 rings (SSSR count). The number of hydrogen-bond acceptors (Lipinski definition) is 7. The Labute approximate surface area is 195 Å². The third-order valence-corrected chi connectivity index (χ3v) is 5.70. The summed E-state index contributed by atoms with van der Waals surface area (Å²) in [7, 11) is 2.91. The second kappa shape index (κ2) is 9.51. The van der Waals surface area contributed by atoms with E-state index in [0.29, 0.717) is 49.1 Å². The van der Waals surface area contributed by atoms with Gasteiger partial charge in [0, 0.05) is 30.4 Å². The predicted molar refractivity (Wildman–Crippen MR) is 122 cm³/mol. The van der Waals surface area contributed by atoms with Gasteiger partial charge in [-0.05, 0) is 36.4 Å². The zero-order valence-electron chi connectivity index (χ0n) is 18.1. The average molecular weight is 472 g/mol. The first-order chi connectivity index (χ1) is 15.9. The van der Waals surface area contributed by atoms with Crippen molar-refractivity contribution in [1.29, 1.82) is 0 Å². The van der Waals surface area contributed by atoms with Crippen molar-refractivity contribution in [3.8, 4) is 11.5 Å². The maximum absolute atomic E-state index is 13.1. The van der Waals surface area contributed by atoms with E-state index in [1.165, 1.54) is 20.3 Å². The lowest BCUT2D eigenvalue weighted by Gasteiger charge is -2.26. The van der Waals surface area contributed by atoms with Crippen LogP contribution in [0.25, 0.3) is 0 Å². The molecule has 0 radical (unpaired) electrons. The van der Waals surface area contributed by atoms with Crippen LogP contribution in [0, 0.1) is 0 Å². The largest absolute Gasteiger partial charge is 0.497 e. The zero-order valence-corrected chi connectivity index (χ0v) is 18.8. The molecule has 172 valence electrons. The highest BCUT2D eigenvalue weighted by molar-refractivity contribution is 6.53. The molecule has 1 saturated heterocycles. The Morgan fingerprint density at radius 2 is 1.70 bits per heavy atom. The summed E-state index contributed by atoms with van der Waals surface area (Å²) in [5, 5.41) is 2.65. The van der Waals surface area contributed by atoms with E-state index in [0.717, 1.165) is 4.90 Å². The summed E-state index contributed by atoms with van der Waals surface area (Å²) in [6.45, 7) is 2.12. The monoisotopic (exact) mass is 471 g/mol. The fourth-order valence-corrected chi connectivity index (χ4v) is 3.80. The van der Waals surface area contributed by atoms with E-state index in [1.54, 1.807) is 41.3 Å². The summed E-state index contributed by atoms with van der Waals surface area (Å²) in [5.41, 5.74) is 1.16. The van der Waals surface area contributed by atoms with Gasteiger partial charge in [-0.25, -0.2) is 4.90 Å². The van der Waals surface area contributed by atoms with Gasteiger partial charge in [0.2, 0.25) is 0 Å². The number of methoxy groups -OCH3 is 2. The van der Waals surface area contributed by atoms with Crippen LogP contribution in [-0.2, 0) is 14.3 Å². The molecule has 1 N–H and O–H groups in total. The number of rotatable bonds is 6. The van der Waals surface area contributed by atoms with Gasteiger partial charge in [-0.2, -0.15) is 0 Å². The van der Waals surface area contributed by atoms with Crippen LogP contribution in [0.5, 0.6) is 11.5 Å². The predicted octanol–water partition coefficient (Wildman–Crippen LogP) is 2.61. The molecule has 2 aliphatic rings. The quantitative estimate of drug-likeness (QED) is 0.647. The number of morpholine rings is 1. The second-order valence-electron chi connectivity index (χ2n) is 7.28. The first-order valence-corrected chi connectivity index (χ1v) is 10.6. The van der Waals surface area contributed by atoms with E-state index < -0.39 is 11.8 Å². The van der Waals surface area contributed by atoms with Crippen molar-refractivity contribution in [3.63, 3.8) is 0 Å². The number of nitrogens with one attached hydrogen (secondary N) is 1. The Morgan fingerprint density at radius 1 is 1.00 bits per heavy atom. The van der Waals surface area contributed by atoms with Crippen LogP contribution < -0.4 is 19.7 Å². The van der Waals surface area contributed by atoms with E-state index in [4.69, 9.17) is 25.8 Å². The Balaban J connectivity index is 1.54. The molecule has 0 saturated carbocycles. The molecule has 0 aliphatic carbocycles. The maximum atomic E-state index is 13.1. The molecule has 0 atom stereocenters. The summed E-state index contributed by atoms with van der Waals surface area (Å²) in [4.78, 5) is 41.2. The Morgan fingerprint density at radius 3 is 2.33 bits per heavy atom. The van der Waals surface area contributed by atoms with Gasteiger partial charge in [0.15, 0.2) is 0 Å². The molecular formula is C23H22ClN3O6. The fourth-order valence-electron chi connectivity index (χ4n) is 3.59. The molecule has 33 heavy (non-hydrogen) atoms. The number of anilines is 2. The lowest BCUT2D eigenvalue weighted by Crippen LogP contribution is -2.40. The van der Waals surface area contributed by atoms with Crippen molar-refractivity contribution in [2.75, 3.05) is 50.7 Å². The van der Waals surface area contributed by atoms with Crippen molar-refractivity contribution >= 4 is 40.7 Å². The van der Waals surface area contributed by atoms with Crippen LogP contribution in [0.4, 0.5) is 11.4 Å². The van der Waals surface area contributed by atoms with Gasteiger partial charge in [-0.15, -0.1) is 0 Å². The summed E-state index contributed by atoms with van der Waals surface area (Å²) < 4.78 is 15.8. The lowest BCUT2D eigenvalue weighted by molar-refractivity contribution is -0.120. The molecule has 2 aromatic rings. The number of nitrogens with zero attached hydrogens (tertiary/aromatic N) is 2. The Bertz CT molecular complexity index is 1130. The van der Waals surface area contributed by atoms with Crippen molar-refractivity contribution in [3.05, 3.63) is 58.8 Å². The highest BCUT2D eigenvalue weighted by atomic mass is 35.5. The average Bonchev–Trinajstić information content (AvgIpc) is 3.07. The first kappa shape index (κ1) is 22.6. The number of carbonyl (C=O) groups excluding carboxylic acids is 3. The standard InChI is InChI=1S/C23H22ClN3O6/c1-31-16-7-8-18(32-2)17(13-16)27-22(29)19(24)20(23(27)30)25-15-5-3-14(4-6-15)21(28)26-9-11-33-12-10-26/h3-8,13,25H,9-12H2,1-2H3. The van der Waals surface area contributed by atoms with Gasteiger partial charge < -0.3 is 24.4 Å². The smallest absolute Gasteiger partial charge is 0.283 e. The van der Waals surface area contributed by atoms with Gasteiger partial charge in [0.1, 0.15) is 22.2 Å². The number of imide groups is 1. The zero-order chi connectivity index (χ0) is 23.5. The molecule has 9 nitrogen and oxygen atoms in total. The van der Waals surface area contributed by atoms with E-state index in [2.05, 4.69) is 5.32 Å². The third kappa shape index (κ3) is 4.37. The van der Waals surface area contributed by atoms with Gasteiger partial charge in [0.25, 0.3) is 17.7 Å². The highest BCUT2D eigenvalue weighted by Gasteiger charge is 2.40. The van der Waals surface area contributed by atoms with Crippen molar-refractivity contribution in [1.82, 2.24) is 4.90 Å². The molecule has 0 bridgehead atoms. The maximum Gasteiger partial charge on any atom is 0.283 e. The summed E-state index contributed by atoms with van der Waals surface area (Å²) >= 11 is 6.23. The second-order valence-corrected chi connectivity index (χ2v) is 7.66. The van der Waals surface area contributed by atoms with Crippen LogP contribution in [0.3, 0.4) is 0 Å². The minimum atomic E-state index is -0.685. The molecule has 0 aromatic heterocycles. The minimum Gasteiger partial charge on any atom is -0.497 e. The molecule has 10 heteroatoms. The molecule has 1 fully saturated rings. The van der Waals surface area contributed by atoms with E-state index in [1.807, 2.05) is 0 Å². The van der Waals surface area contributed by atoms with Gasteiger partial charge in [-0.3, -0.25) is 14.4 Å². The van der Waals surface area contributed by atoms with Crippen LogP contribution in [0.1, 0.15) is 10.4 Å². The molecular weight excluding hydrogens is 450 g/mol. The number of benzene rings is 2. The van der Waals surface area contributed by atoms with Crippen LogP contribution in [0.2, 0.25) is 0 Å². The first-order valence-electron chi connectivity index (χ1n) is 10.2. The van der Waals surface area contributed by atoms with E-state index in [9.17, 15) is 14.4 Å². The third-order valence-electron chi connectivity index (χ3n) is 5.35. The molecule has 0 spiro atoms. The van der Waals surface area contributed by atoms with E-state index in [-0.39, 0.29) is 22.3 Å². The normalized spacial score (nSPS) is 16.3. The van der Waals surface area contributed by atoms with Crippen LogP contribution in [0.15, 0.2) is 53.2 Å². The van der Waals surface area contributed by atoms with Crippen molar-refractivity contribution in [2.24, 2.45) is 0 Å². The molecule has 2 heterocycles. The molecule has 2 aromatic carbocycles. The highest BCUT2D eigenvalue weighted by Crippen LogP contribution is 2.37. The van der Waals surface area contributed by atoms with Crippen LogP contribution in [-0.4, -0.2) is 63.1 Å². The Kier molecular flexibility index (Phi) is 6.52. The molecule has 3 amide bonds. The number of hydrogen-bond donors (Lipinski definition) is 1. The van der Waals surface area contributed by atoms with Gasteiger partial charge in [-0.1, -0.05) is 11.6 Å². The summed E-state index contributed by atoms with van der Waals surface area (Å²) in [6, 6.07) is 11.4. The van der Waals surface area contributed by atoms with Gasteiger partial charge in [0.05, 0.1) is 33.1 Å². The summed E-state index contributed by atoms with van der Waals surface area (Å²) in [6.07, 6.45) is 0. The van der Waals surface area contributed by atoms with Crippen molar-refractivity contribution < 1.29 is 28.6 Å². The van der Waals surface area contributed by atoms with Crippen molar-refractivity contribution in [2.45, 2.75) is 0 Å². The lowest BCUT2D eigenvalue weighted by atomic mass is 10.1. The van der Waals surface area contributed by atoms with E-state index >= 15 is 0 Å². The number of ether oxygens (including phenoxy) is 3. The van der Waals surface area contributed by atoms with Gasteiger partial charge >= 0.3 is 0 Å². The Hall–Kier alpha value is -3.56. The van der Waals surface area contributed by atoms with Crippen LogP contribution >= 0.6 is 11.6 Å². The fraction of sp³-hybridized carbons (Fsp3) is 0.261. The number of amides is 3. The summed E-state index contributed by atoms with van der Waals surface area (Å²) in [5.74, 6) is -0.649. The molecule has 2 aliphatic heterocycles. The SMILES string of the molecule is COc1ccc(OC)c(N2C(=O)C(Cl)=C(Nc3ccc(C(=O)N4CCOCC4)cc3)C2=O)c1. The number of halogens is 1. The molecule has 0 unspecified atom stereocenters. The topological polar surface area (TPSA) is 97.4 Å². The number of carbonyl (C=O) groups is 3. The minimum absolute atomic E-state index is 0.0706.